The third-order valence-electron chi connectivity index (χ3n) is 1.67. The first kappa shape index (κ1) is 5.03. The Kier molecular flexibility index (Phi) is 0.891. The van der Waals surface area contributed by atoms with Crippen molar-refractivity contribution < 1.29 is 4.42 Å². The molecule has 1 aliphatic rings. The van der Waals surface area contributed by atoms with E-state index >= 15 is 0 Å². The van der Waals surface area contributed by atoms with Crippen molar-refractivity contribution in [3.63, 3.8) is 0 Å². The number of rotatable bonds is 1. The summed E-state index contributed by atoms with van der Waals surface area (Å²) in [6.07, 6.45) is 5.03. The van der Waals surface area contributed by atoms with E-state index in [1.54, 1.807) is 0 Å². The lowest BCUT2D eigenvalue weighted by atomic mass is 10.3. The summed E-state index contributed by atoms with van der Waals surface area (Å²) in [5.41, 5.74) is 1.01. The lowest BCUT2D eigenvalue weighted by molar-refractivity contribution is 0.496. The summed E-state index contributed by atoms with van der Waals surface area (Å²) >= 11 is 0. The molecule has 1 saturated carbocycles. The zero-order chi connectivity index (χ0) is 6.27. The fourth-order valence-electron chi connectivity index (χ4n) is 0.994. The molecule has 0 atom stereocenters. The standard InChI is InChI=1S/C7H8NO/c1-5-7(6-2-3-6)9-4-8-5/h6H,2-3H2,1H3. The van der Waals surface area contributed by atoms with Crippen molar-refractivity contribution in [3.05, 3.63) is 17.8 Å². The van der Waals surface area contributed by atoms with Crippen LogP contribution in [0.5, 0.6) is 0 Å². The molecule has 0 aliphatic heterocycles. The van der Waals surface area contributed by atoms with Crippen LogP contribution < -0.4 is 0 Å². The van der Waals surface area contributed by atoms with E-state index in [1.807, 2.05) is 6.92 Å². The van der Waals surface area contributed by atoms with Crippen LogP contribution in [0.1, 0.15) is 30.2 Å². The summed E-state index contributed by atoms with van der Waals surface area (Å²) in [6, 6.07) is 0. The second-order valence-corrected chi connectivity index (χ2v) is 2.53. The van der Waals surface area contributed by atoms with E-state index in [0.717, 1.165) is 11.5 Å². The van der Waals surface area contributed by atoms with E-state index in [2.05, 4.69) is 11.4 Å². The van der Waals surface area contributed by atoms with Crippen LogP contribution in [0.15, 0.2) is 4.42 Å². The van der Waals surface area contributed by atoms with Gasteiger partial charge in [-0.25, -0.2) is 4.98 Å². The van der Waals surface area contributed by atoms with Gasteiger partial charge in [0, 0.05) is 5.92 Å². The number of aryl methyl sites for hydroxylation is 1. The first-order valence-electron chi connectivity index (χ1n) is 3.21. The van der Waals surface area contributed by atoms with Crippen LogP contribution in [0.3, 0.4) is 0 Å². The van der Waals surface area contributed by atoms with Crippen LogP contribution in [-0.2, 0) is 0 Å². The Labute approximate surface area is 53.9 Å². The summed E-state index contributed by atoms with van der Waals surface area (Å²) in [4.78, 5) is 3.89. The molecule has 1 aromatic rings. The molecule has 1 aliphatic carbocycles. The highest BCUT2D eigenvalue weighted by Crippen LogP contribution is 2.40. The van der Waals surface area contributed by atoms with Crippen molar-refractivity contribution in [1.82, 2.24) is 4.98 Å². The highest BCUT2D eigenvalue weighted by Gasteiger charge is 2.28. The highest BCUT2D eigenvalue weighted by molar-refractivity contribution is 5.15. The third-order valence-corrected chi connectivity index (χ3v) is 1.67. The molecular formula is C7H8NO. The molecule has 0 aromatic carbocycles. The van der Waals surface area contributed by atoms with Gasteiger partial charge < -0.3 is 4.42 Å². The molecule has 2 nitrogen and oxygen atoms in total. The van der Waals surface area contributed by atoms with E-state index in [1.165, 1.54) is 12.8 Å². The molecule has 47 valence electrons. The van der Waals surface area contributed by atoms with Gasteiger partial charge >= 0.3 is 0 Å². The molecule has 2 heteroatoms. The van der Waals surface area contributed by atoms with Crippen LogP contribution in [0.4, 0.5) is 0 Å². The Morgan fingerprint density at radius 1 is 1.67 bits per heavy atom. The Morgan fingerprint density at radius 3 is 2.89 bits per heavy atom. The average Bonchev–Trinajstić information content (AvgIpc) is 2.58. The van der Waals surface area contributed by atoms with Gasteiger partial charge in [0.1, 0.15) is 5.76 Å². The Balaban J connectivity index is 2.35. The van der Waals surface area contributed by atoms with Crippen molar-refractivity contribution in [2.45, 2.75) is 25.7 Å². The predicted molar refractivity (Wildman–Crippen MR) is 32.1 cm³/mol. The fourth-order valence-corrected chi connectivity index (χ4v) is 0.994. The van der Waals surface area contributed by atoms with Crippen LogP contribution >= 0.6 is 0 Å². The van der Waals surface area contributed by atoms with Crippen molar-refractivity contribution in [2.75, 3.05) is 0 Å². The predicted octanol–water partition coefficient (Wildman–Crippen LogP) is 1.66. The SMILES string of the molecule is Cc1n[c]oc1C1CC1. The van der Waals surface area contributed by atoms with E-state index in [4.69, 9.17) is 4.42 Å². The second kappa shape index (κ2) is 1.59. The van der Waals surface area contributed by atoms with Gasteiger partial charge in [0.15, 0.2) is 0 Å². The first-order chi connectivity index (χ1) is 4.38. The Morgan fingerprint density at radius 2 is 2.44 bits per heavy atom. The molecule has 9 heavy (non-hydrogen) atoms. The van der Waals surface area contributed by atoms with Gasteiger partial charge in [0.25, 0.3) is 6.39 Å². The molecule has 1 fully saturated rings. The minimum atomic E-state index is 0.670. The van der Waals surface area contributed by atoms with E-state index in [9.17, 15) is 0 Å². The van der Waals surface area contributed by atoms with Crippen molar-refractivity contribution in [3.8, 4) is 0 Å². The van der Waals surface area contributed by atoms with Gasteiger partial charge in [-0.15, -0.1) is 0 Å². The van der Waals surface area contributed by atoms with Crippen molar-refractivity contribution in [1.29, 1.82) is 0 Å². The molecular weight excluding hydrogens is 114 g/mol. The summed E-state index contributed by atoms with van der Waals surface area (Å²) in [7, 11) is 0. The first-order valence-corrected chi connectivity index (χ1v) is 3.21. The van der Waals surface area contributed by atoms with Crippen molar-refractivity contribution >= 4 is 0 Å². The molecule has 0 amide bonds. The second-order valence-electron chi connectivity index (χ2n) is 2.53. The molecule has 1 aromatic heterocycles. The topological polar surface area (TPSA) is 26.0 Å². The highest BCUT2D eigenvalue weighted by atomic mass is 16.3. The van der Waals surface area contributed by atoms with Crippen LogP contribution in [0, 0.1) is 13.3 Å². The zero-order valence-corrected chi connectivity index (χ0v) is 5.35. The fraction of sp³-hybridized carbons (Fsp3) is 0.571. The van der Waals surface area contributed by atoms with E-state index in [0.29, 0.717) is 5.92 Å². The lowest BCUT2D eigenvalue weighted by Gasteiger charge is -1.87. The van der Waals surface area contributed by atoms with E-state index in [-0.39, 0.29) is 0 Å². The number of hydrogen-bond acceptors (Lipinski definition) is 2. The maximum absolute atomic E-state index is 5.05. The smallest absolute Gasteiger partial charge is 0.284 e. The van der Waals surface area contributed by atoms with Crippen molar-refractivity contribution in [2.24, 2.45) is 0 Å². The van der Waals surface area contributed by atoms with Crippen LogP contribution in [0.2, 0.25) is 0 Å². The summed E-state index contributed by atoms with van der Waals surface area (Å²) < 4.78 is 5.05. The molecule has 0 unspecified atom stereocenters. The minimum absolute atomic E-state index is 0.670. The molecule has 2 rings (SSSR count). The van der Waals surface area contributed by atoms with Gasteiger partial charge in [-0.05, 0) is 19.8 Å². The van der Waals surface area contributed by atoms with Gasteiger partial charge in [-0.2, -0.15) is 0 Å². The van der Waals surface area contributed by atoms with Crippen LogP contribution in [-0.4, -0.2) is 4.98 Å². The summed E-state index contributed by atoms with van der Waals surface area (Å²) in [6.45, 7) is 1.97. The van der Waals surface area contributed by atoms with E-state index < -0.39 is 0 Å². The molecule has 1 radical (unpaired) electrons. The number of hydrogen-bond donors (Lipinski definition) is 0. The van der Waals surface area contributed by atoms with Gasteiger partial charge in [-0.3, -0.25) is 0 Å². The Hall–Kier alpha value is -0.790. The third kappa shape index (κ3) is 0.745. The van der Waals surface area contributed by atoms with Gasteiger partial charge in [-0.1, -0.05) is 0 Å². The zero-order valence-electron chi connectivity index (χ0n) is 5.35. The number of nitrogens with zero attached hydrogens (tertiary/aromatic N) is 1. The average molecular weight is 122 g/mol. The Bertz CT molecular complexity index is 212. The maximum Gasteiger partial charge on any atom is 0.284 e. The maximum atomic E-state index is 5.05. The quantitative estimate of drug-likeness (QED) is 0.566. The van der Waals surface area contributed by atoms with Crippen LogP contribution in [0.25, 0.3) is 0 Å². The summed E-state index contributed by atoms with van der Waals surface area (Å²) in [5.74, 6) is 1.72. The molecule has 0 N–H and O–H groups in total. The number of oxazole rings is 1. The largest absolute Gasteiger partial charge is 0.437 e. The molecule has 0 bridgehead atoms. The minimum Gasteiger partial charge on any atom is -0.437 e. The lowest BCUT2D eigenvalue weighted by Crippen LogP contribution is -1.77. The number of aromatic nitrogens is 1. The molecule has 1 heterocycles. The van der Waals surface area contributed by atoms with Gasteiger partial charge in [0.2, 0.25) is 0 Å². The normalized spacial score (nSPS) is 18.3. The monoisotopic (exact) mass is 122 g/mol. The summed E-state index contributed by atoms with van der Waals surface area (Å²) in [5, 5.41) is 0. The van der Waals surface area contributed by atoms with Gasteiger partial charge in [0.05, 0.1) is 5.69 Å². The molecule has 0 saturated heterocycles. The molecule has 0 spiro atoms.